The molecule has 1 aromatic heterocycles. The summed E-state index contributed by atoms with van der Waals surface area (Å²) in [5.41, 5.74) is 2.12. The van der Waals surface area contributed by atoms with Crippen molar-refractivity contribution < 1.29 is 12.6 Å². The van der Waals surface area contributed by atoms with Crippen LogP contribution in [0.2, 0.25) is 0 Å². The van der Waals surface area contributed by atoms with Crippen molar-refractivity contribution >= 4 is 32.0 Å². The zero-order chi connectivity index (χ0) is 19.1. The third kappa shape index (κ3) is 3.45. The predicted molar refractivity (Wildman–Crippen MR) is 103 cm³/mol. The molecule has 3 rings (SSSR count). The van der Waals surface area contributed by atoms with Crippen LogP contribution in [-0.4, -0.2) is 46.5 Å². The number of hydrogen-bond acceptors (Lipinski definition) is 4. The average Bonchev–Trinajstić information content (AvgIpc) is 3.21. The van der Waals surface area contributed by atoms with E-state index in [0.29, 0.717) is 29.4 Å². The second kappa shape index (κ2) is 6.82. The first-order valence-corrected chi connectivity index (χ1v) is 11.4. The fourth-order valence-corrected chi connectivity index (χ4v) is 5.80. The number of aryl methyl sites for hydroxylation is 2. The molecule has 10 heteroatoms. The number of hydrogen-bond donors (Lipinski definition) is 1. The van der Waals surface area contributed by atoms with Crippen LogP contribution in [0.3, 0.4) is 0 Å². The Balaban J connectivity index is 1.87. The number of sulfonamides is 1. The molecule has 0 aliphatic carbocycles. The summed E-state index contributed by atoms with van der Waals surface area (Å²) in [6.45, 7) is 10.8. The minimum atomic E-state index is -3.50. The molecule has 1 aliphatic rings. The van der Waals surface area contributed by atoms with Gasteiger partial charge in [-0.3, -0.25) is 0 Å². The summed E-state index contributed by atoms with van der Waals surface area (Å²) in [4.78, 5) is 0.521. The summed E-state index contributed by atoms with van der Waals surface area (Å²) in [6, 6.07) is 5.92. The molecule has 2 aromatic rings. The van der Waals surface area contributed by atoms with Crippen molar-refractivity contribution in [3.8, 4) is 0 Å². The van der Waals surface area contributed by atoms with Gasteiger partial charge >= 0.3 is 156 Å². The van der Waals surface area contributed by atoms with Crippen LogP contribution in [0.5, 0.6) is 0 Å². The van der Waals surface area contributed by atoms with E-state index in [4.69, 9.17) is 6.72 Å². The first-order chi connectivity index (χ1) is 12.1. The molecule has 1 aromatic carbocycles. The van der Waals surface area contributed by atoms with E-state index in [1.807, 2.05) is 6.92 Å². The van der Waals surface area contributed by atoms with E-state index in [0.717, 1.165) is 18.5 Å². The molecule has 0 bridgehead atoms. The molecule has 1 unspecified atom stereocenters. The van der Waals surface area contributed by atoms with Crippen molar-refractivity contribution in [3.05, 3.63) is 35.7 Å². The Morgan fingerprint density at radius 1 is 1.04 bits per heavy atom. The first kappa shape index (κ1) is 19.1. The summed E-state index contributed by atoms with van der Waals surface area (Å²) in [7, 11) is -4.80. The predicted octanol–water partition coefficient (Wildman–Crippen LogP) is 1.58. The quantitative estimate of drug-likeness (QED) is 0.782. The van der Waals surface area contributed by atoms with Gasteiger partial charge in [-0.15, -0.1) is 0 Å². The Labute approximate surface area is 155 Å². The number of nitrogens with one attached hydrogen (secondary N) is 1. The van der Waals surface area contributed by atoms with Gasteiger partial charge in [-0.25, -0.2) is 0 Å². The van der Waals surface area contributed by atoms with E-state index < -0.39 is 19.6 Å². The average molecular weight is 393 g/mol. The Morgan fingerprint density at radius 3 is 2.08 bits per heavy atom. The molecule has 26 heavy (non-hydrogen) atoms. The van der Waals surface area contributed by atoms with E-state index in [-0.39, 0.29) is 4.90 Å². The molecule has 1 aliphatic heterocycles. The van der Waals surface area contributed by atoms with Crippen molar-refractivity contribution in [2.75, 3.05) is 17.8 Å². The van der Waals surface area contributed by atoms with E-state index in [1.165, 1.54) is 28.6 Å². The van der Waals surface area contributed by atoms with E-state index >= 15 is 0 Å². The van der Waals surface area contributed by atoms with Crippen molar-refractivity contribution in [2.45, 2.75) is 36.5 Å². The van der Waals surface area contributed by atoms with Gasteiger partial charge in [0.15, 0.2) is 0 Å². The first-order valence-electron chi connectivity index (χ1n) is 8.33. The Bertz CT molecular complexity index is 1020. The van der Waals surface area contributed by atoms with Gasteiger partial charge in [-0.05, 0) is 0 Å². The topological polar surface area (TPSA) is 84.3 Å². The fraction of sp³-hybridized carbons (Fsp3) is 0.438. The second-order valence-electron chi connectivity index (χ2n) is 6.45. The van der Waals surface area contributed by atoms with Gasteiger partial charge < -0.3 is 0 Å². The maximum absolute atomic E-state index is 13.0. The molecule has 2 heterocycles. The van der Waals surface area contributed by atoms with Crippen LogP contribution >= 0.6 is 0 Å². The van der Waals surface area contributed by atoms with E-state index in [2.05, 4.69) is 9.82 Å². The van der Waals surface area contributed by atoms with Gasteiger partial charge in [-0.2, -0.15) is 0 Å². The molecule has 1 radical (unpaired) electrons. The van der Waals surface area contributed by atoms with Crippen molar-refractivity contribution in [2.24, 2.45) is 7.05 Å². The molecule has 1 saturated heterocycles. The van der Waals surface area contributed by atoms with Crippen molar-refractivity contribution in [1.82, 2.24) is 14.1 Å². The Morgan fingerprint density at radius 2 is 1.58 bits per heavy atom. The van der Waals surface area contributed by atoms with Gasteiger partial charge in [0.25, 0.3) is 0 Å². The van der Waals surface area contributed by atoms with Gasteiger partial charge in [0.1, 0.15) is 0 Å². The van der Waals surface area contributed by atoms with Crippen molar-refractivity contribution in [1.29, 1.82) is 0 Å². The third-order valence-corrected chi connectivity index (χ3v) is 8.03. The van der Waals surface area contributed by atoms with Crippen molar-refractivity contribution in [3.63, 3.8) is 0 Å². The molecule has 0 saturated carbocycles. The third-order valence-electron chi connectivity index (χ3n) is 4.64. The summed E-state index contributed by atoms with van der Waals surface area (Å²) < 4.78 is 44.1. The molecule has 139 valence electrons. The number of aromatic nitrogens is 2. The molecular formula is C16H22BN4O3S2. The van der Waals surface area contributed by atoms with Crippen LogP contribution in [0.25, 0.3) is 0 Å². The number of anilines is 1. The summed E-state index contributed by atoms with van der Waals surface area (Å²) in [5, 5.41) is 4.27. The number of benzene rings is 1. The summed E-state index contributed by atoms with van der Waals surface area (Å²) in [5.74, 6) is 0. The monoisotopic (exact) mass is 393 g/mol. The van der Waals surface area contributed by atoms with Gasteiger partial charge in [0.05, 0.1) is 0 Å². The van der Waals surface area contributed by atoms with Crippen LogP contribution in [0.4, 0.5) is 5.69 Å². The normalized spacial score (nSPS) is 17.9. The molecule has 1 atom stereocenters. The molecule has 0 spiro atoms. The van der Waals surface area contributed by atoms with E-state index in [1.54, 1.807) is 18.7 Å². The minimum absolute atomic E-state index is 0.187. The van der Waals surface area contributed by atoms with E-state index in [9.17, 15) is 12.6 Å². The maximum atomic E-state index is 13.0. The molecule has 1 fully saturated rings. The summed E-state index contributed by atoms with van der Waals surface area (Å²) >= 11 is 0. The van der Waals surface area contributed by atoms with Gasteiger partial charge in [0, 0.05) is 0 Å². The molecule has 1 N–H and O–H groups in total. The van der Waals surface area contributed by atoms with Gasteiger partial charge in [-0.1, -0.05) is 0 Å². The Kier molecular flexibility index (Phi) is 5.02. The zero-order valence-electron chi connectivity index (χ0n) is 15.1. The standard InChI is InChI=1S/C16H22BN4O3S2/c1-12-16(13(2)20(3)18-12)19-25(17,22)14-6-8-15(9-7-14)26(23,24)21-10-4-5-11-21/h6-9H,4-5,10-11H2,1-3H3,(H,19,22). The van der Waals surface area contributed by atoms with Gasteiger partial charge in [0.2, 0.25) is 0 Å². The SMILES string of the molecule is [B]=S(=O)(Nc1c(C)nn(C)c1C)c1ccc(S(=O)(=O)N2CCCC2)cc1. The molecular weight excluding hydrogens is 371 g/mol. The molecule has 0 amide bonds. The van der Waals surface area contributed by atoms with Crippen LogP contribution in [0, 0.1) is 13.8 Å². The number of nitrogens with zero attached hydrogens (tertiary/aromatic N) is 3. The second-order valence-corrected chi connectivity index (χ2v) is 10.3. The van der Waals surface area contributed by atoms with Crippen LogP contribution in [-0.2, 0) is 26.6 Å². The summed E-state index contributed by atoms with van der Waals surface area (Å²) in [6.07, 6.45) is 1.75. The van der Waals surface area contributed by atoms with Crippen LogP contribution in [0.1, 0.15) is 24.2 Å². The molecule has 7 nitrogen and oxygen atoms in total. The fourth-order valence-electron chi connectivity index (χ4n) is 3.02. The van der Waals surface area contributed by atoms with Crippen LogP contribution in [0.15, 0.2) is 34.1 Å². The Hall–Kier alpha value is -1.65. The number of rotatable bonds is 5. The van der Waals surface area contributed by atoms with Crippen LogP contribution < -0.4 is 4.72 Å². The zero-order valence-corrected chi connectivity index (χ0v) is 16.7.